The Morgan fingerprint density at radius 2 is 2.05 bits per heavy atom. The first-order valence-corrected chi connectivity index (χ1v) is 7.07. The molecule has 20 heavy (non-hydrogen) atoms. The van der Waals surface area contributed by atoms with Crippen molar-refractivity contribution in [1.82, 2.24) is 4.90 Å². The number of anilines is 2. The molecule has 110 valence electrons. The van der Waals surface area contributed by atoms with E-state index in [1.54, 1.807) is 6.07 Å². The fourth-order valence-corrected chi connectivity index (χ4v) is 2.46. The number of rotatable bonds is 5. The summed E-state index contributed by atoms with van der Waals surface area (Å²) < 4.78 is 12.3. The van der Waals surface area contributed by atoms with E-state index in [1.165, 1.54) is 0 Å². The van der Waals surface area contributed by atoms with Crippen molar-refractivity contribution >= 4 is 28.2 Å². The number of piperazine rings is 1. The van der Waals surface area contributed by atoms with Crippen molar-refractivity contribution in [3.8, 4) is 0 Å². The van der Waals surface area contributed by atoms with E-state index in [-0.39, 0.29) is 6.54 Å². The lowest BCUT2D eigenvalue weighted by Gasteiger charge is -2.34. The number of halogens is 2. The standard InChI is InChI=1S/C14H19ClFN3O/c1-18-6-8-19(9-7-18)11-2-3-12(14(15)20)13(10-11)17-5-4-16/h2-3,10,17H,4-9H2,1H3. The first kappa shape index (κ1) is 15.1. The average Bonchev–Trinajstić information content (AvgIpc) is 2.45. The lowest BCUT2D eigenvalue weighted by Crippen LogP contribution is -2.44. The maximum Gasteiger partial charge on any atom is 0.254 e. The summed E-state index contributed by atoms with van der Waals surface area (Å²) in [5.74, 6) is 0. The molecule has 1 aliphatic rings. The van der Waals surface area contributed by atoms with E-state index in [4.69, 9.17) is 11.6 Å². The van der Waals surface area contributed by atoms with Crippen LogP contribution in [0.1, 0.15) is 10.4 Å². The van der Waals surface area contributed by atoms with Gasteiger partial charge in [-0.2, -0.15) is 0 Å². The van der Waals surface area contributed by atoms with E-state index in [0.717, 1.165) is 31.9 Å². The molecule has 0 unspecified atom stereocenters. The predicted octanol–water partition coefficient (Wildman–Crippen LogP) is 2.20. The number of carbonyl (C=O) groups is 1. The molecular formula is C14H19ClFN3O. The minimum absolute atomic E-state index is 0.170. The van der Waals surface area contributed by atoms with Gasteiger partial charge in [-0.25, -0.2) is 4.39 Å². The highest BCUT2D eigenvalue weighted by Crippen LogP contribution is 2.26. The summed E-state index contributed by atoms with van der Waals surface area (Å²) in [6, 6.07) is 5.46. The molecule has 0 bridgehead atoms. The molecule has 6 heteroatoms. The van der Waals surface area contributed by atoms with Gasteiger partial charge in [0.15, 0.2) is 0 Å². The Hall–Kier alpha value is -1.33. The highest BCUT2D eigenvalue weighted by Gasteiger charge is 2.16. The van der Waals surface area contributed by atoms with Gasteiger partial charge in [-0.1, -0.05) is 0 Å². The highest BCUT2D eigenvalue weighted by molar-refractivity contribution is 6.68. The molecule has 0 aromatic heterocycles. The van der Waals surface area contributed by atoms with Gasteiger partial charge in [-0.15, -0.1) is 0 Å². The van der Waals surface area contributed by atoms with Gasteiger partial charge in [-0.3, -0.25) is 4.79 Å². The van der Waals surface area contributed by atoms with E-state index in [9.17, 15) is 9.18 Å². The molecule has 0 spiro atoms. The minimum Gasteiger partial charge on any atom is -0.382 e. The second kappa shape index (κ2) is 6.90. The predicted molar refractivity (Wildman–Crippen MR) is 80.8 cm³/mol. The molecule has 0 amide bonds. The smallest absolute Gasteiger partial charge is 0.254 e. The summed E-state index contributed by atoms with van der Waals surface area (Å²) in [6.07, 6.45) is 0. The molecule has 2 rings (SSSR count). The van der Waals surface area contributed by atoms with Crippen LogP contribution >= 0.6 is 11.6 Å². The summed E-state index contributed by atoms with van der Waals surface area (Å²) in [5, 5.41) is 2.38. The first-order chi connectivity index (χ1) is 9.61. The normalized spacial score (nSPS) is 16.2. The van der Waals surface area contributed by atoms with Crippen LogP contribution in [0.3, 0.4) is 0 Å². The SMILES string of the molecule is CN1CCN(c2ccc(C(=O)Cl)c(NCCF)c2)CC1. The monoisotopic (exact) mass is 299 g/mol. The Bertz CT molecular complexity index is 475. The van der Waals surface area contributed by atoms with Crippen LogP contribution in [0.15, 0.2) is 18.2 Å². The third-order valence-corrected chi connectivity index (χ3v) is 3.70. The van der Waals surface area contributed by atoms with Crippen LogP contribution in [0.4, 0.5) is 15.8 Å². The number of benzene rings is 1. The molecule has 1 aromatic carbocycles. The molecule has 0 aliphatic carbocycles. The van der Waals surface area contributed by atoms with E-state index in [2.05, 4.69) is 22.2 Å². The van der Waals surface area contributed by atoms with Crippen LogP contribution in [0.2, 0.25) is 0 Å². The molecule has 1 fully saturated rings. The van der Waals surface area contributed by atoms with Crippen LogP contribution in [-0.4, -0.2) is 56.6 Å². The van der Waals surface area contributed by atoms with Crippen LogP contribution in [0.25, 0.3) is 0 Å². The van der Waals surface area contributed by atoms with Crippen molar-refractivity contribution in [3.05, 3.63) is 23.8 Å². The van der Waals surface area contributed by atoms with Crippen molar-refractivity contribution in [1.29, 1.82) is 0 Å². The maximum absolute atomic E-state index is 12.3. The van der Waals surface area contributed by atoms with Crippen molar-refractivity contribution < 1.29 is 9.18 Å². The molecule has 0 atom stereocenters. The van der Waals surface area contributed by atoms with Crippen molar-refractivity contribution in [2.75, 3.05) is 56.7 Å². The van der Waals surface area contributed by atoms with E-state index >= 15 is 0 Å². The molecule has 4 nitrogen and oxygen atoms in total. The molecular weight excluding hydrogens is 281 g/mol. The van der Waals surface area contributed by atoms with Crippen LogP contribution in [0, 0.1) is 0 Å². The van der Waals surface area contributed by atoms with Gasteiger partial charge in [0, 0.05) is 44.1 Å². The van der Waals surface area contributed by atoms with E-state index in [0.29, 0.717) is 11.3 Å². The van der Waals surface area contributed by atoms with Gasteiger partial charge in [0.05, 0.1) is 5.56 Å². The van der Waals surface area contributed by atoms with E-state index < -0.39 is 11.9 Å². The Morgan fingerprint density at radius 3 is 2.65 bits per heavy atom. The van der Waals surface area contributed by atoms with E-state index in [1.807, 2.05) is 12.1 Å². The van der Waals surface area contributed by atoms with Gasteiger partial charge in [0.25, 0.3) is 5.24 Å². The minimum atomic E-state index is -0.531. The summed E-state index contributed by atoms with van der Waals surface area (Å²) >= 11 is 5.55. The second-order valence-electron chi connectivity index (χ2n) is 4.91. The molecule has 0 radical (unpaired) electrons. The van der Waals surface area contributed by atoms with Gasteiger partial charge < -0.3 is 15.1 Å². The van der Waals surface area contributed by atoms with Gasteiger partial charge in [0.1, 0.15) is 6.67 Å². The number of hydrogen-bond donors (Lipinski definition) is 1. The molecule has 1 saturated heterocycles. The van der Waals surface area contributed by atoms with Crippen LogP contribution in [0.5, 0.6) is 0 Å². The maximum atomic E-state index is 12.3. The number of hydrogen-bond acceptors (Lipinski definition) is 4. The Kier molecular flexibility index (Phi) is 5.20. The third kappa shape index (κ3) is 3.61. The molecule has 1 N–H and O–H groups in total. The highest BCUT2D eigenvalue weighted by atomic mass is 35.5. The molecule has 1 aliphatic heterocycles. The number of carbonyl (C=O) groups excluding carboxylic acids is 1. The first-order valence-electron chi connectivity index (χ1n) is 6.69. The number of alkyl halides is 1. The zero-order valence-electron chi connectivity index (χ0n) is 11.5. The fraction of sp³-hybridized carbons (Fsp3) is 0.500. The van der Waals surface area contributed by atoms with Crippen molar-refractivity contribution in [2.45, 2.75) is 0 Å². The second-order valence-corrected chi connectivity index (χ2v) is 5.25. The Balaban J connectivity index is 2.20. The quantitative estimate of drug-likeness (QED) is 0.846. The zero-order chi connectivity index (χ0) is 14.5. The van der Waals surface area contributed by atoms with Gasteiger partial charge >= 0.3 is 0 Å². The van der Waals surface area contributed by atoms with Crippen LogP contribution < -0.4 is 10.2 Å². The van der Waals surface area contributed by atoms with Crippen LogP contribution in [-0.2, 0) is 0 Å². The largest absolute Gasteiger partial charge is 0.382 e. The third-order valence-electron chi connectivity index (χ3n) is 3.49. The molecule has 0 saturated carbocycles. The summed E-state index contributed by atoms with van der Waals surface area (Å²) in [7, 11) is 2.10. The lowest BCUT2D eigenvalue weighted by atomic mass is 10.1. The van der Waals surface area contributed by atoms with Gasteiger partial charge in [-0.05, 0) is 36.8 Å². The summed E-state index contributed by atoms with van der Waals surface area (Å²) in [4.78, 5) is 15.9. The fourth-order valence-electron chi connectivity index (χ4n) is 2.29. The average molecular weight is 300 g/mol. The topological polar surface area (TPSA) is 35.6 Å². The zero-order valence-corrected chi connectivity index (χ0v) is 12.3. The summed E-state index contributed by atoms with van der Waals surface area (Å²) in [6.45, 7) is 3.56. The number of nitrogens with one attached hydrogen (secondary N) is 1. The van der Waals surface area contributed by atoms with Gasteiger partial charge in [0.2, 0.25) is 0 Å². The van der Waals surface area contributed by atoms with Crippen molar-refractivity contribution in [2.24, 2.45) is 0 Å². The lowest BCUT2D eigenvalue weighted by molar-refractivity contribution is 0.108. The number of nitrogens with zero attached hydrogens (tertiary/aromatic N) is 2. The number of likely N-dealkylation sites (N-methyl/N-ethyl adjacent to an activating group) is 1. The molecule has 1 aromatic rings. The Morgan fingerprint density at radius 1 is 1.35 bits per heavy atom. The molecule has 1 heterocycles. The summed E-state index contributed by atoms with van der Waals surface area (Å²) in [5.41, 5.74) is 2.01. The Labute approximate surface area is 123 Å². The van der Waals surface area contributed by atoms with Crippen molar-refractivity contribution in [3.63, 3.8) is 0 Å².